The number of amides is 1. The van der Waals surface area contributed by atoms with Gasteiger partial charge in [0.1, 0.15) is 6.61 Å². The van der Waals surface area contributed by atoms with Crippen molar-refractivity contribution in [3.8, 4) is 0 Å². The van der Waals surface area contributed by atoms with Crippen LogP contribution in [0.1, 0.15) is 18.4 Å². The molecule has 1 unspecified atom stereocenters. The Hall–Kier alpha value is -1.36. The highest BCUT2D eigenvalue weighted by Crippen LogP contribution is 2.29. The second kappa shape index (κ2) is 4.87. The molecule has 0 N–H and O–H groups in total. The quantitative estimate of drug-likeness (QED) is 0.832. The van der Waals surface area contributed by atoms with Crippen LogP contribution in [0.25, 0.3) is 0 Å². The van der Waals surface area contributed by atoms with Gasteiger partial charge in [-0.15, -0.1) is 4.36 Å². The van der Waals surface area contributed by atoms with Gasteiger partial charge in [0.05, 0.1) is 9.73 Å². The van der Waals surface area contributed by atoms with Crippen LogP contribution in [0.15, 0.2) is 34.7 Å². The number of rotatable bonds is 3. The van der Waals surface area contributed by atoms with Crippen molar-refractivity contribution in [2.75, 3.05) is 6.26 Å². The average Bonchev–Trinajstić information content (AvgIpc) is 3.11. The van der Waals surface area contributed by atoms with Crippen molar-refractivity contribution in [3.05, 3.63) is 35.9 Å². The lowest BCUT2D eigenvalue weighted by molar-refractivity contribution is 0.151. The lowest BCUT2D eigenvalue weighted by Crippen LogP contribution is -2.08. The maximum Gasteiger partial charge on any atom is 0.442 e. The molecule has 1 aromatic carbocycles. The molecule has 5 heteroatoms. The molecule has 4 nitrogen and oxygen atoms in total. The Balaban J connectivity index is 1.92. The Kier molecular flexibility index (Phi) is 3.47. The van der Waals surface area contributed by atoms with Crippen molar-refractivity contribution in [2.24, 2.45) is 4.36 Å². The summed E-state index contributed by atoms with van der Waals surface area (Å²) in [5.74, 6) is 0. The van der Waals surface area contributed by atoms with Gasteiger partial charge in [-0.2, -0.15) is 0 Å². The van der Waals surface area contributed by atoms with Crippen LogP contribution in [-0.2, 0) is 21.1 Å². The molecule has 92 valence electrons. The van der Waals surface area contributed by atoms with Crippen molar-refractivity contribution in [3.63, 3.8) is 0 Å². The third-order valence-electron chi connectivity index (χ3n) is 2.60. The number of nitrogens with zero attached hydrogens (tertiary/aromatic N) is 1. The van der Waals surface area contributed by atoms with Crippen molar-refractivity contribution in [1.82, 2.24) is 0 Å². The van der Waals surface area contributed by atoms with E-state index in [9.17, 15) is 9.00 Å². The lowest BCUT2D eigenvalue weighted by Gasteiger charge is -2.03. The van der Waals surface area contributed by atoms with Crippen molar-refractivity contribution in [1.29, 1.82) is 0 Å². The molecule has 0 bridgehead atoms. The van der Waals surface area contributed by atoms with Gasteiger partial charge in [0.25, 0.3) is 0 Å². The number of benzene rings is 1. The first-order valence-electron chi connectivity index (χ1n) is 5.49. The van der Waals surface area contributed by atoms with Crippen LogP contribution in [0.5, 0.6) is 0 Å². The van der Waals surface area contributed by atoms with Gasteiger partial charge in [0.15, 0.2) is 0 Å². The highest BCUT2D eigenvalue weighted by atomic mass is 32.2. The topological polar surface area (TPSA) is 55.7 Å². The fourth-order valence-corrected chi connectivity index (χ4v) is 2.98. The lowest BCUT2D eigenvalue weighted by atomic mass is 10.2. The number of ether oxygens (including phenoxy) is 1. The molecule has 0 aromatic heterocycles. The molecule has 1 atom stereocenters. The zero-order valence-corrected chi connectivity index (χ0v) is 10.5. The van der Waals surface area contributed by atoms with Crippen LogP contribution in [0.4, 0.5) is 4.79 Å². The highest BCUT2D eigenvalue weighted by Gasteiger charge is 2.31. The fraction of sp³-hybridized carbons (Fsp3) is 0.417. The van der Waals surface area contributed by atoms with Crippen LogP contribution in [0.2, 0.25) is 0 Å². The molecule has 1 aliphatic carbocycles. The second-order valence-electron chi connectivity index (χ2n) is 4.19. The summed E-state index contributed by atoms with van der Waals surface area (Å²) in [5, 5.41) is 0.0757. The Morgan fingerprint density at radius 2 is 2.06 bits per heavy atom. The maximum absolute atomic E-state index is 11.9. The summed E-state index contributed by atoms with van der Waals surface area (Å²) in [7, 11) is -2.39. The van der Waals surface area contributed by atoms with Gasteiger partial charge in [-0.1, -0.05) is 30.3 Å². The number of hydrogen-bond acceptors (Lipinski definition) is 3. The molecule has 1 aromatic rings. The van der Waals surface area contributed by atoms with E-state index in [0.29, 0.717) is 0 Å². The highest BCUT2D eigenvalue weighted by molar-refractivity contribution is 7.94. The Labute approximate surface area is 101 Å². The van der Waals surface area contributed by atoms with Crippen molar-refractivity contribution in [2.45, 2.75) is 24.7 Å². The molecule has 17 heavy (non-hydrogen) atoms. The molecule has 1 amide bonds. The van der Waals surface area contributed by atoms with Gasteiger partial charge < -0.3 is 4.74 Å². The number of carbonyl (C=O) groups is 1. The largest absolute Gasteiger partial charge is 0.443 e. The summed E-state index contributed by atoms with van der Waals surface area (Å²) in [6.45, 7) is 0.170. The Morgan fingerprint density at radius 1 is 1.41 bits per heavy atom. The van der Waals surface area contributed by atoms with Crippen LogP contribution in [-0.4, -0.2) is 21.8 Å². The summed E-state index contributed by atoms with van der Waals surface area (Å²) in [4.78, 5) is 11.4. The summed E-state index contributed by atoms with van der Waals surface area (Å²) in [6, 6.07) is 9.34. The molecule has 2 rings (SSSR count). The predicted molar refractivity (Wildman–Crippen MR) is 66.1 cm³/mol. The summed E-state index contributed by atoms with van der Waals surface area (Å²) in [6.07, 6.45) is 2.58. The summed E-state index contributed by atoms with van der Waals surface area (Å²) in [5.41, 5.74) is 0.894. The molecule has 0 aliphatic heterocycles. The molecular formula is C12H15NO3S. The molecular weight excluding hydrogens is 238 g/mol. The van der Waals surface area contributed by atoms with E-state index in [2.05, 4.69) is 4.36 Å². The van der Waals surface area contributed by atoms with Gasteiger partial charge in [-0.3, -0.25) is 0 Å². The number of carbonyl (C=O) groups excluding carboxylic acids is 1. The van der Waals surface area contributed by atoms with E-state index >= 15 is 0 Å². The van der Waals surface area contributed by atoms with Crippen LogP contribution >= 0.6 is 0 Å². The van der Waals surface area contributed by atoms with Gasteiger partial charge in [-0.25, -0.2) is 9.00 Å². The first-order chi connectivity index (χ1) is 8.08. The van der Waals surface area contributed by atoms with Crippen molar-refractivity contribution < 1.29 is 13.7 Å². The zero-order valence-electron chi connectivity index (χ0n) is 9.67. The van der Waals surface area contributed by atoms with E-state index in [1.807, 2.05) is 30.3 Å². The smallest absolute Gasteiger partial charge is 0.442 e. The zero-order chi connectivity index (χ0) is 12.3. The minimum absolute atomic E-state index is 0.0757. The summed E-state index contributed by atoms with van der Waals surface area (Å²) >= 11 is 0. The average molecular weight is 253 g/mol. The standard InChI is InChI=1S/C12H15NO3S/c1-17(15,11-7-8-11)13-12(14)16-9-10-5-3-2-4-6-10/h2-6,11H,7-9H2,1H3. The second-order valence-corrected chi connectivity index (χ2v) is 6.76. The third kappa shape index (κ3) is 3.56. The normalized spacial score (nSPS) is 18.2. The van der Waals surface area contributed by atoms with Gasteiger partial charge in [0, 0.05) is 11.5 Å². The van der Waals surface area contributed by atoms with Gasteiger partial charge in [-0.05, 0) is 18.4 Å². The van der Waals surface area contributed by atoms with Crippen molar-refractivity contribution >= 4 is 15.8 Å². The molecule has 0 heterocycles. The molecule has 1 aliphatic rings. The van der Waals surface area contributed by atoms with E-state index < -0.39 is 15.8 Å². The molecule has 1 saturated carbocycles. The van der Waals surface area contributed by atoms with Crippen LogP contribution in [0, 0.1) is 0 Å². The first kappa shape index (κ1) is 12.1. The first-order valence-corrected chi connectivity index (χ1v) is 7.48. The van der Waals surface area contributed by atoms with E-state index in [1.54, 1.807) is 0 Å². The van der Waals surface area contributed by atoms with E-state index in [4.69, 9.17) is 4.74 Å². The third-order valence-corrected chi connectivity index (χ3v) is 4.82. The molecule has 0 spiro atoms. The van der Waals surface area contributed by atoms with E-state index in [1.165, 1.54) is 6.26 Å². The molecule has 0 saturated heterocycles. The Bertz CT molecular complexity index is 514. The van der Waals surface area contributed by atoms with Crippen LogP contribution < -0.4 is 0 Å². The predicted octanol–water partition coefficient (Wildman–Crippen LogP) is 2.58. The van der Waals surface area contributed by atoms with Gasteiger partial charge >= 0.3 is 6.09 Å². The number of hydrogen-bond donors (Lipinski definition) is 0. The minimum Gasteiger partial charge on any atom is -0.443 e. The summed E-state index contributed by atoms with van der Waals surface area (Å²) < 4.78 is 20.5. The molecule has 0 radical (unpaired) electrons. The van der Waals surface area contributed by atoms with Crippen LogP contribution in [0.3, 0.4) is 0 Å². The monoisotopic (exact) mass is 253 g/mol. The Morgan fingerprint density at radius 3 is 2.65 bits per heavy atom. The SMILES string of the molecule is CS(=O)(=NC(=O)OCc1ccccc1)C1CC1. The van der Waals surface area contributed by atoms with E-state index in [0.717, 1.165) is 18.4 Å². The van der Waals surface area contributed by atoms with Gasteiger partial charge in [0.2, 0.25) is 0 Å². The van der Waals surface area contributed by atoms with E-state index in [-0.39, 0.29) is 11.9 Å². The fourth-order valence-electron chi connectivity index (χ4n) is 1.47. The minimum atomic E-state index is -2.39. The maximum atomic E-state index is 11.9. The molecule has 1 fully saturated rings.